The molecular weight excluding hydrogens is 314 g/mol. The van der Waals surface area contributed by atoms with Gasteiger partial charge in [-0.3, -0.25) is 9.59 Å². The van der Waals surface area contributed by atoms with Gasteiger partial charge in [0.1, 0.15) is 11.4 Å². The minimum atomic E-state index is -0.0438. The van der Waals surface area contributed by atoms with E-state index in [-0.39, 0.29) is 18.1 Å². The van der Waals surface area contributed by atoms with E-state index in [0.717, 1.165) is 16.5 Å². The molecule has 136 valence electrons. The summed E-state index contributed by atoms with van der Waals surface area (Å²) in [7, 11) is 0. The van der Waals surface area contributed by atoms with E-state index in [4.69, 9.17) is 4.42 Å². The highest BCUT2D eigenvalue weighted by molar-refractivity contribution is 5.98. The van der Waals surface area contributed by atoms with E-state index in [0.29, 0.717) is 37.8 Å². The van der Waals surface area contributed by atoms with Crippen LogP contribution in [0.25, 0.3) is 11.0 Å². The van der Waals surface area contributed by atoms with Crippen LogP contribution in [0.1, 0.15) is 46.1 Å². The highest BCUT2D eigenvalue weighted by Gasteiger charge is 2.19. The van der Waals surface area contributed by atoms with Crippen LogP contribution in [0, 0.1) is 11.8 Å². The van der Waals surface area contributed by atoms with Crippen LogP contribution in [0.2, 0.25) is 0 Å². The van der Waals surface area contributed by atoms with Gasteiger partial charge < -0.3 is 9.32 Å². The number of benzene rings is 1. The van der Waals surface area contributed by atoms with E-state index in [1.807, 2.05) is 29.2 Å². The van der Waals surface area contributed by atoms with Crippen molar-refractivity contribution in [1.29, 1.82) is 0 Å². The first-order chi connectivity index (χ1) is 11.8. The van der Waals surface area contributed by atoms with Crippen LogP contribution in [0.5, 0.6) is 0 Å². The number of rotatable bonds is 9. The topological polar surface area (TPSA) is 50.5 Å². The largest absolute Gasteiger partial charge is 0.464 e. The second-order valence-corrected chi connectivity index (χ2v) is 7.59. The van der Waals surface area contributed by atoms with Crippen molar-refractivity contribution in [3.63, 3.8) is 0 Å². The molecule has 1 amide bonds. The summed E-state index contributed by atoms with van der Waals surface area (Å²) in [6, 6.07) is 7.86. The van der Waals surface area contributed by atoms with E-state index >= 15 is 0 Å². The number of furan rings is 1. The van der Waals surface area contributed by atoms with Gasteiger partial charge in [0.25, 0.3) is 0 Å². The summed E-state index contributed by atoms with van der Waals surface area (Å²) in [6.07, 6.45) is 2.72. The maximum absolute atomic E-state index is 12.5. The summed E-state index contributed by atoms with van der Waals surface area (Å²) in [6.45, 7) is 9.79. The smallest absolute Gasteiger partial charge is 0.230 e. The third-order valence-electron chi connectivity index (χ3n) is 4.08. The molecule has 25 heavy (non-hydrogen) atoms. The molecule has 0 radical (unpaired) electrons. The molecule has 1 aromatic carbocycles. The quantitative estimate of drug-likeness (QED) is 0.631. The first-order valence-electron chi connectivity index (χ1n) is 9.10. The van der Waals surface area contributed by atoms with E-state index < -0.39 is 0 Å². The van der Waals surface area contributed by atoms with Gasteiger partial charge in [-0.05, 0) is 42.0 Å². The van der Waals surface area contributed by atoms with Crippen LogP contribution in [0.4, 0.5) is 0 Å². The van der Waals surface area contributed by atoms with Crippen molar-refractivity contribution in [1.82, 2.24) is 4.90 Å². The normalized spacial score (nSPS) is 11.4. The van der Waals surface area contributed by atoms with Crippen molar-refractivity contribution in [2.24, 2.45) is 11.8 Å². The average Bonchev–Trinajstić information content (AvgIpc) is 2.99. The number of carbonyl (C=O) groups excluding carboxylic acids is 2. The molecule has 2 aromatic rings. The number of carbonyl (C=O) groups is 2. The molecule has 4 heteroatoms. The molecule has 1 heterocycles. The summed E-state index contributed by atoms with van der Waals surface area (Å²) in [5.74, 6) is 0.770. The molecular formula is C21H29NO3. The second kappa shape index (κ2) is 8.84. The lowest BCUT2D eigenvalue weighted by molar-refractivity contribution is -0.136. The SMILES string of the molecule is CC(C)CN(CC(C)C)C(=O)CC(=O)CCc1ccc2occc2c1. The van der Waals surface area contributed by atoms with Crippen molar-refractivity contribution in [2.75, 3.05) is 13.1 Å². The molecule has 0 aliphatic heterocycles. The van der Waals surface area contributed by atoms with Crippen molar-refractivity contribution in [3.05, 3.63) is 36.1 Å². The Kier molecular flexibility index (Phi) is 6.80. The number of fused-ring (bicyclic) bond motifs is 1. The van der Waals surface area contributed by atoms with Crippen LogP contribution in [-0.2, 0) is 16.0 Å². The molecule has 0 unspecified atom stereocenters. The monoisotopic (exact) mass is 343 g/mol. The van der Waals surface area contributed by atoms with Gasteiger partial charge in [0.05, 0.1) is 12.7 Å². The number of hydrogen-bond donors (Lipinski definition) is 0. The first-order valence-corrected chi connectivity index (χ1v) is 9.10. The van der Waals surface area contributed by atoms with Gasteiger partial charge >= 0.3 is 0 Å². The predicted molar refractivity (Wildman–Crippen MR) is 100 cm³/mol. The lowest BCUT2D eigenvalue weighted by Gasteiger charge is -2.26. The molecule has 0 N–H and O–H groups in total. The van der Waals surface area contributed by atoms with E-state index in [1.54, 1.807) is 6.26 Å². The number of hydrogen-bond acceptors (Lipinski definition) is 3. The lowest BCUT2D eigenvalue weighted by Crippen LogP contribution is -2.38. The fourth-order valence-electron chi connectivity index (χ4n) is 2.98. The molecule has 0 atom stereocenters. The molecule has 0 saturated heterocycles. The molecule has 0 bridgehead atoms. The van der Waals surface area contributed by atoms with Gasteiger partial charge in [-0.2, -0.15) is 0 Å². The molecule has 0 aliphatic carbocycles. The van der Waals surface area contributed by atoms with E-state index in [2.05, 4.69) is 27.7 Å². The standard InChI is InChI=1S/C21H29NO3/c1-15(2)13-22(14-16(3)4)21(24)12-19(23)7-5-17-6-8-20-18(11-17)9-10-25-20/h6,8-11,15-16H,5,7,12-14H2,1-4H3. The van der Waals surface area contributed by atoms with Crippen LogP contribution in [0.15, 0.2) is 34.9 Å². The Morgan fingerprint density at radius 3 is 2.36 bits per heavy atom. The Labute approximate surface area is 150 Å². The number of Topliss-reactive ketones (excluding diaryl/α,β-unsaturated/α-hetero) is 1. The highest BCUT2D eigenvalue weighted by atomic mass is 16.3. The van der Waals surface area contributed by atoms with Gasteiger partial charge in [0, 0.05) is 24.9 Å². The summed E-state index contributed by atoms with van der Waals surface area (Å²) in [5.41, 5.74) is 1.94. The zero-order chi connectivity index (χ0) is 18.4. The second-order valence-electron chi connectivity index (χ2n) is 7.59. The molecule has 1 aromatic heterocycles. The van der Waals surface area contributed by atoms with Crippen LogP contribution < -0.4 is 0 Å². The van der Waals surface area contributed by atoms with E-state index in [9.17, 15) is 9.59 Å². The fourth-order valence-corrected chi connectivity index (χ4v) is 2.98. The van der Waals surface area contributed by atoms with Gasteiger partial charge in [0.15, 0.2) is 0 Å². The average molecular weight is 343 g/mol. The molecule has 2 rings (SSSR count). The minimum Gasteiger partial charge on any atom is -0.464 e. The van der Waals surface area contributed by atoms with Gasteiger partial charge in [-0.15, -0.1) is 0 Å². The molecule has 0 fully saturated rings. The van der Waals surface area contributed by atoms with Crippen molar-refractivity contribution in [3.8, 4) is 0 Å². The Bertz CT molecular complexity index is 705. The fraction of sp³-hybridized carbons (Fsp3) is 0.524. The minimum absolute atomic E-state index is 0.00734. The zero-order valence-corrected chi connectivity index (χ0v) is 15.7. The highest BCUT2D eigenvalue weighted by Crippen LogP contribution is 2.18. The summed E-state index contributed by atoms with van der Waals surface area (Å²) < 4.78 is 5.32. The number of ketones is 1. The Balaban J connectivity index is 1.87. The van der Waals surface area contributed by atoms with Crippen molar-refractivity contribution < 1.29 is 14.0 Å². The van der Waals surface area contributed by atoms with Crippen molar-refractivity contribution >= 4 is 22.7 Å². The Morgan fingerprint density at radius 1 is 1.04 bits per heavy atom. The van der Waals surface area contributed by atoms with Crippen LogP contribution >= 0.6 is 0 Å². The Hall–Kier alpha value is -2.10. The molecule has 0 saturated carbocycles. The van der Waals surface area contributed by atoms with Crippen LogP contribution in [-0.4, -0.2) is 29.7 Å². The summed E-state index contributed by atoms with van der Waals surface area (Å²) >= 11 is 0. The predicted octanol–water partition coefficient (Wildman–Crippen LogP) is 4.47. The first kappa shape index (κ1) is 19.2. The summed E-state index contributed by atoms with van der Waals surface area (Å²) in [5, 5.41) is 1.04. The third kappa shape index (κ3) is 6.04. The Morgan fingerprint density at radius 2 is 1.72 bits per heavy atom. The lowest BCUT2D eigenvalue weighted by atomic mass is 10.0. The zero-order valence-electron chi connectivity index (χ0n) is 15.7. The number of aryl methyl sites for hydroxylation is 1. The summed E-state index contributed by atoms with van der Waals surface area (Å²) in [4.78, 5) is 26.6. The molecule has 0 aliphatic rings. The van der Waals surface area contributed by atoms with E-state index in [1.165, 1.54) is 0 Å². The molecule has 4 nitrogen and oxygen atoms in total. The van der Waals surface area contributed by atoms with Crippen LogP contribution in [0.3, 0.4) is 0 Å². The maximum Gasteiger partial charge on any atom is 0.230 e. The molecule has 0 spiro atoms. The van der Waals surface area contributed by atoms with Gasteiger partial charge in [0.2, 0.25) is 5.91 Å². The third-order valence-corrected chi connectivity index (χ3v) is 4.08. The van der Waals surface area contributed by atoms with Gasteiger partial charge in [-0.1, -0.05) is 33.8 Å². The number of amides is 1. The maximum atomic E-state index is 12.5. The number of nitrogens with zero attached hydrogens (tertiary/aromatic N) is 1. The van der Waals surface area contributed by atoms with Crippen molar-refractivity contribution in [2.45, 2.75) is 47.0 Å². The van der Waals surface area contributed by atoms with Gasteiger partial charge in [-0.25, -0.2) is 0 Å².